The van der Waals surface area contributed by atoms with Crippen molar-refractivity contribution >= 4 is 21.7 Å². The van der Waals surface area contributed by atoms with Gasteiger partial charge in [-0.25, -0.2) is 8.42 Å². The van der Waals surface area contributed by atoms with Gasteiger partial charge in [-0.1, -0.05) is 26.7 Å². The van der Waals surface area contributed by atoms with Gasteiger partial charge in [0.15, 0.2) is 15.8 Å². The quantitative estimate of drug-likeness (QED) is 0.433. The van der Waals surface area contributed by atoms with E-state index in [9.17, 15) is 13.2 Å². The van der Waals surface area contributed by atoms with Crippen molar-refractivity contribution in [3.05, 3.63) is 0 Å². The molecule has 23 heavy (non-hydrogen) atoms. The first kappa shape index (κ1) is 19.7. The number of guanidine groups is 1. The van der Waals surface area contributed by atoms with E-state index >= 15 is 0 Å². The average Bonchev–Trinajstić information content (AvgIpc) is 2.85. The zero-order chi connectivity index (χ0) is 17.3. The van der Waals surface area contributed by atoms with Crippen molar-refractivity contribution < 1.29 is 13.2 Å². The molecule has 1 fully saturated rings. The van der Waals surface area contributed by atoms with Crippen LogP contribution in [-0.2, 0) is 14.6 Å². The highest BCUT2D eigenvalue weighted by Crippen LogP contribution is 2.11. The average molecular weight is 346 g/mol. The van der Waals surface area contributed by atoms with E-state index in [-0.39, 0.29) is 23.5 Å². The molecule has 1 unspecified atom stereocenters. The number of amides is 1. The maximum Gasteiger partial charge on any atom is 0.222 e. The minimum Gasteiger partial charge on any atom is -0.356 e. The summed E-state index contributed by atoms with van der Waals surface area (Å²) >= 11 is 0. The molecular weight excluding hydrogens is 316 g/mol. The van der Waals surface area contributed by atoms with Crippen molar-refractivity contribution in [3.63, 3.8) is 0 Å². The van der Waals surface area contributed by atoms with Gasteiger partial charge >= 0.3 is 0 Å². The van der Waals surface area contributed by atoms with E-state index < -0.39 is 9.84 Å². The summed E-state index contributed by atoms with van der Waals surface area (Å²) in [5.41, 5.74) is 0. The molecule has 134 valence electrons. The number of rotatable bonds is 8. The molecule has 0 radical (unpaired) electrons. The number of carbonyl (C=O) groups excluding carboxylic acids is 1. The Labute approximate surface area is 139 Å². The van der Waals surface area contributed by atoms with Crippen molar-refractivity contribution in [1.82, 2.24) is 16.0 Å². The van der Waals surface area contributed by atoms with Gasteiger partial charge in [-0.15, -0.1) is 0 Å². The SMILES string of the molecule is CCC(CC)CNC(=NC)NCCC(=O)NC1CCS(=O)(=O)C1. The van der Waals surface area contributed by atoms with Gasteiger partial charge in [0.2, 0.25) is 5.91 Å². The smallest absolute Gasteiger partial charge is 0.222 e. The van der Waals surface area contributed by atoms with Gasteiger partial charge in [-0.05, 0) is 12.3 Å². The second-order valence-corrected chi connectivity index (χ2v) is 8.21. The maximum absolute atomic E-state index is 11.8. The molecule has 1 rings (SSSR count). The van der Waals surface area contributed by atoms with Crippen LogP contribution in [0.2, 0.25) is 0 Å². The zero-order valence-electron chi connectivity index (χ0n) is 14.4. The Morgan fingerprint density at radius 2 is 1.96 bits per heavy atom. The standard InChI is InChI=1S/C15H30N4O3S/c1-4-12(5-2)10-18-15(16-3)17-8-6-14(20)19-13-7-9-23(21,22)11-13/h12-13H,4-11H2,1-3H3,(H,19,20)(H2,16,17,18). The highest BCUT2D eigenvalue weighted by atomic mass is 32.2. The second-order valence-electron chi connectivity index (χ2n) is 5.98. The molecule has 1 atom stereocenters. The van der Waals surface area contributed by atoms with Crippen LogP contribution in [0.25, 0.3) is 0 Å². The van der Waals surface area contributed by atoms with Crippen LogP contribution in [0.1, 0.15) is 39.5 Å². The van der Waals surface area contributed by atoms with Crippen molar-refractivity contribution in [2.24, 2.45) is 10.9 Å². The Morgan fingerprint density at radius 1 is 1.26 bits per heavy atom. The number of hydrogen-bond acceptors (Lipinski definition) is 4. The highest BCUT2D eigenvalue weighted by molar-refractivity contribution is 7.91. The molecule has 1 saturated heterocycles. The van der Waals surface area contributed by atoms with Gasteiger partial charge in [0, 0.05) is 32.6 Å². The first-order valence-corrected chi connectivity index (χ1v) is 10.2. The summed E-state index contributed by atoms with van der Waals surface area (Å²) in [4.78, 5) is 16.0. The second kappa shape index (κ2) is 9.75. The minimum atomic E-state index is -2.96. The summed E-state index contributed by atoms with van der Waals surface area (Å²) in [6, 6.07) is -0.236. The molecule has 0 aromatic carbocycles. The molecule has 8 heteroatoms. The lowest BCUT2D eigenvalue weighted by Crippen LogP contribution is -2.42. The van der Waals surface area contributed by atoms with E-state index in [1.54, 1.807) is 7.05 Å². The number of carbonyl (C=O) groups is 1. The lowest BCUT2D eigenvalue weighted by Gasteiger charge is -2.17. The third kappa shape index (κ3) is 7.67. The largest absolute Gasteiger partial charge is 0.356 e. The van der Waals surface area contributed by atoms with Crippen LogP contribution in [-0.4, -0.2) is 58.0 Å². The topological polar surface area (TPSA) is 99.7 Å². The van der Waals surface area contributed by atoms with Crippen LogP contribution in [0.4, 0.5) is 0 Å². The molecule has 0 bridgehead atoms. The van der Waals surface area contributed by atoms with Crippen LogP contribution in [0, 0.1) is 5.92 Å². The predicted molar refractivity (Wildman–Crippen MR) is 93.3 cm³/mol. The fraction of sp³-hybridized carbons (Fsp3) is 0.867. The van der Waals surface area contributed by atoms with E-state index in [0.717, 1.165) is 19.4 Å². The van der Waals surface area contributed by atoms with Gasteiger partial charge in [0.25, 0.3) is 0 Å². The van der Waals surface area contributed by atoms with Crippen LogP contribution in [0.5, 0.6) is 0 Å². The molecule has 0 spiro atoms. The summed E-state index contributed by atoms with van der Waals surface area (Å²) in [5.74, 6) is 1.40. The molecule has 0 aliphatic carbocycles. The van der Waals surface area contributed by atoms with E-state index in [1.165, 1.54) is 0 Å². The lowest BCUT2D eigenvalue weighted by atomic mass is 10.0. The fourth-order valence-electron chi connectivity index (χ4n) is 2.54. The van der Waals surface area contributed by atoms with Crippen molar-refractivity contribution in [2.75, 3.05) is 31.6 Å². The van der Waals surface area contributed by atoms with Crippen LogP contribution < -0.4 is 16.0 Å². The maximum atomic E-state index is 11.8. The van der Waals surface area contributed by atoms with Crippen LogP contribution in [0.3, 0.4) is 0 Å². The summed E-state index contributed by atoms with van der Waals surface area (Å²) in [5, 5.41) is 9.14. The number of nitrogens with one attached hydrogen (secondary N) is 3. The summed E-state index contributed by atoms with van der Waals surface area (Å²) in [6.07, 6.45) is 3.04. The first-order valence-electron chi connectivity index (χ1n) is 8.34. The van der Waals surface area contributed by atoms with E-state index in [2.05, 4.69) is 34.8 Å². The Bertz CT molecular complexity index is 501. The molecule has 1 heterocycles. The summed E-state index contributed by atoms with van der Waals surface area (Å²) in [6.45, 7) is 5.66. The Morgan fingerprint density at radius 3 is 2.48 bits per heavy atom. The molecule has 0 aromatic heterocycles. The van der Waals surface area contributed by atoms with Gasteiger partial charge in [-0.2, -0.15) is 0 Å². The third-order valence-corrected chi connectivity index (χ3v) is 5.95. The highest BCUT2D eigenvalue weighted by Gasteiger charge is 2.28. The summed E-state index contributed by atoms with van der Waals surface area (Å²) < 4.78 is 22.7. The number of sulfone groups is 1. The lowest BCUT2D eigenvalue weighted by molar-refractivity contribution is -0.121. The third-order valence-electron chi connectivity index (χ3n) is 4.18. The normalized spacial score (nSPS) is 20.5. The van der Waals surface area contributed by atoms with E-state index in [4.69, 9.17) is 0 Å². The van der Waals surface area contributed by atoms with E-state index in [0.29, 0.717) is 31.3 Å². The van der Waals surface area contributed by atoms with E-state index in [1.807, 2.05) is 0 Å². The molecule has 0 saturated carbocycles. The first-order chi connectivity index (χ1) is 10.9. The predicted octanol–water partition coefficient (Wildman–Crippen LogP) is 0.281. The Kier molecular flexibility index (Phi) is 8.36. The van der Waals surface area contributed by atoms with Gasteiger partial charge < -0.3 is 16.0 Å². The zero-order valence-corrected chi connectivity index (χ0v) is 15.2. The van der Waals surface area contributed by atoms with Gasteiger partial charge in [0.05, 0.1) is 11.5 Å². The van der Waals surface area contributed by atoms with Crippen LogP contribution in [0.15, 0.2) is 4.99 Å². The molecule has 1 aliphatic heterocycles. The Hall–Kier alpha value is -1.31. The molecule has 0 aromatic rings. The molecule has 1 aliphatic rings. The number of aliphatic imine (C=N–C) groups is 1. The minimum absolute atomic E-state index is 0.0603. The van der Waals surface area contributed by atoms with Crippen LogP contribution >= 0.6 is 0 Å². The number of nitrogens with zero attached hydrogens (tertiary/aromatic N) is 1. The molecule has 1 amide bonds. The molecule has 7 nitrogen and oxygen atoms in total. The van der Waals surface area contributed by atoms with Crippen molar-refractivity contribution in [3.8, 4) is 0 Å². The molecular formula is C15H30N4O3S. The molecule has 3 N–H and O–H groups in total. The Balaban J connectivity index is 2.22. The van der Waals surface area contributed by atoms with Crippen molar-refractivity contribution in [2.45, 2.75) is 45.6 Å². The summed E-state index contributed by atoms with van der Waals surface area (Å²) in [7, 11) is -1.26. The number of hydrogen-bond donors (Lipinski definition) is 3. The van der Waals surface area contributed by atoms with Gasteiger partial charge in [-0.3, -0.25) is 9.79 Å². The van der Waals surface area contributed by atoms with Gasteiger partial charge in [0.1, 0.15) is 0 Å². The van der Waals surface area contributed by atoms with Crippen molar-refractivity contribution in [1.29, 1.82) is 0 Å². The monoisotopic (exact) mass is 346 g/mol. The fourth-order valence-corrected chi connectivity index (χ4v) is 4.22.